The van der Waals surface area contributed by atoms with Gasteiger partial charge in [-0.3, -0.25) is 4.79 Å². The van der Waals surface area contributed by atoms with Crippen LogP contribution in [0.2, 0.25) is 0 Å². The van der Waals surface area contributed by atoms with Crippen molar-refractivity contribution < 1.29 is 15.0 Å². The van der Waals surface area contributed by atoms with Gasteiger partial charge in [-0.1, -0.05) is 12.1 Å². The maximum atomic E-state index is 11.8. The van der Waals surface area contributed by atoms with Crippen molar-refractivity contribution in [1.29, 1.82) is 5.26 Å². The number of nitrogens with zero attached hydrogens (tertiary/aromatic N) is 2. The fourth-order valence-electron chi connectivity index (χ4n) is 1.56. The SMILES string of the molecule is N#Cc1cccc(C=CC(=O)N(CCO)CCO)c1. The second-order valence-electron chi connectivity index (χ2n) is 3.84. The van der Waals surface area contributed by atoms with Gasteiger partial charge >= 0.3 is 0 Å². The number of nitriles is 1. The summed E-state index contributed by atoms with van der Waals surface area (Å²) in [5.41, 5.74) is 1.28. The van der Waals surface area contributed by atoms with Crippen molar-refractivity contribution in [2.45, 2.75) is 0 Å². The van der Waals surface area contributed by atoms with Gasteiger partial charge in [0.05, 0.1) is 24.8 Å². The molecule has 1 amide bonds. The molecule has 1 aromatic carbocycles. The summed E-state index contributed by atoms with van der Waals surface area (Å²) in [7, 11) is 0. The highest BCUT2D eigenvalue weighted by molar-refractivity contribution is 5.91. The van der Waals surface area contributed by atoms with E-state index in [0.717, 1.165) is 5.56 Å². The number of carbonyl (C=O) groups excluding carboxylic acids is 1. The lowest BCUT2D eigenvalue weighted by atomic mass is 10.1. The Balaban J connectivity index is 2.73. The smallest absolute Gasteiger partial charge is 0.246 e. The highest BCUT2D eigenvalue weighted by Crippen LogP contribution is 2.06. The van der Waals surface area contributed by atoms with Gasteiger partial charge in [-0.25, -0.2) is 0 Å². The summed E-state index contributed by atoms with van der Waals surface area (Å²) in [5.74, 6) is -0.287. The Labute approximate surface area is 112 Å². The minimum Gasteiger partial charge on any atom is -0.395 e. The van der Waals surface area contributed by atoms with Crippen molar-refractivity contribution in [3.8, 4) is 6.07 Å². The molecule has 100 valence electrons. The van der Waals surface area contributed by atoms with E-state index >= 15 is 0 Å². The second kappa shape index (κ2) is 8.03. The van der Waals surface area contributed by atoms with E-state index in [1.54, 1.807) is 30.3 Å². The maximum Gasteiger partial charge on any atom is 0.246 e. The third-order valence-corrected chi connectivity index (χ3v) is 2.49. The first-order valence-electron chi connectivity index (χ1n) is 5.90. The number of aliphatic hydroxyl groups is 2. The van der Waals surface area contributed by atoms with Crippen molar-refractivity contribution in [3.05, 3.63) is 41.5 Å². The number of benzene rings is 1. The molecule has 0 atom stereocenters. The first-order chi connectivity index (χ1) is 9.21. The van der Waals surface area contributed by atoms with Crippen LogP contribution in [0.5, 0.6) is 0 Å². The van der Waals surface area contributed by atoms with Crippen molar-refractivity contribution >= 4 is 12.0 Å². The third-order valence-electron chi connectivity index (χ3n) is 2.49. The van der Waals surface area contributed by atoms with E-state index in [0.29, 0.717) is 5.56 Å². The predicted molar refractivity (Wildman–Crippen MR) is 70.9 cm³/mol. The van der Waals surface area contributed by atoms with Crippen LogP contribution in [0, 0.1) is 11.3 Å². The van der Waals surface area contributed by atoms with Gasteiger partial charge in [0, 0.05) is 19.2 Å². The highest BCUT2D eigenvalue weighted by atomic mass is 16.3. The fraction of sp³-hybridized carbons (Fsp3) is 0.286. The van der Waals surface area contributed by atoms with E-state index in [2.05, 4.69) is 0 Å². The van der Waals surface area contributed by atoms with E-state index in [-0.39, 0.29) is 32.2 Å². The van der Waals surface area contributed by atoms with E-state index in [4.69, 9.17) is 15.5 Å². The molecule has 5 heteroatoms. The molecule has 0 fully saturated rings. The summed E-state index contributed by atoms with van der Waals surface area (Å²) in [6, 6.07) is 8.90. The molecule has 0 aromatic heterocycles. The molecule has 0 saturated heterocycles. The first kappa shape index (κ1) is 14.9. The summed E-state index contributed by atoms with van der Waals surface area (Å²) in [6.45, 7) is 0.0664. The van der Waals surface area contributed by atoms with Gasteiger partial charge in [0.1, 0.15) is 0 Å². The van der Waals surface area contributed by atoms with Crippen molar-refractivity contribution in [3.63, 3.8) is 0 Å². The number of rotatable bonds is 6. The monoisotopic (exact) mass is 260 g/mol. The third kappa shape index (κ3) is 4.92. The summed E-state index contributed by atoms with van der Waals surface area (Å²) in [5, 5.41) is 26.4. The normalized spacial score (nSPS) is 10.4. The minimum atomic E-state index is -0.287. The van der Waals surface area contributed by atoms with E-state index in [1.807, 2.05) is 6.07 Å². The lowest BCUT2D eigenvalue weighted by molar-refractivity contribution is -0.126. The summed E-state index contributed by atoms with van der Waals surface area (Å²) >= 11 is 0. The van der Waals surface area contributed by atoms with Crippen molar-refractivity contribution in [2.24, 2.45) is 0 Å². The molecular weight excluding hydrogens is 244 g/mol. The Kier molecular flexibility index (Phi) is 6.30. The molecule has 1 aromatic rings. The van der Waals surface area contributed by atoms with Crippen LogP contribution in [0.1, 0.15) is 11.1 Å². The number of amides is 1. The molecule has 0 heterocycles. The van der Waals surface area contributed by atoms with E-state index in [1.165, 1.54) is 11.0 Å². The first-order valence-corrected chi connectivity index (χ1v) is 5.90. The van der Waals surface area contributed by atoms with Crippen molar-refractivity contribution in [2.75, 3.05) is 26.3 Å². The van der Waals surface area contributed by atoms with E-state index < -0.39 is 0 Å². The Morgan fingerprint density at radius 1 is 1.32 bits per heavy atom. The van der Waals surface area contributed by atoms with Gasteiger partial charge in [-0.2, -0.15) is 5.26 Å². The summed E-state index contributed by atoms with van der Waals surface area (Å²) in [6.07, 6.45) is 2.97. The standard InChI is InChI=1S/C14H16N2O3/c15-11-13-3-1-2-12(10-13)4-5-14(19)16(6-8-17)7-9-18/h1-5,10,17-18H,6-9H2. The molecule has 0 saturated carbocycles. The van der Waals surface area contributed by atoms with Crippen LogP contribution in [0.4, 0.5) is 0 Å². The number of aliphatic hydroxyl groups excluding tert-OH is 2. The highest BCUT2D eigenvalue weighted by Gasteiger charge is 2.08. The molecule has 19 heavy (non-hydrogen) atoms. The summed E-state index contributed by atoms with van der Waals surface area (Å²) in [4.78, 5) is 13.2. The molecule has 0 bridgehead atoms. The second-order valence-corrected chi connectivity index (χ2v) is 3.84. The molecule has 1 rings (SSSR count). The Bertz CT molecular complexity index is 486. The van der Waals surface area contributed by atoms with Gasteiger partial charge < -0.3 is 15.1 Å². The molecule has 0 aliphatic heterocycles. The minimum absolute atomic E-state index is 0.149. The van der Waals surface area contributed by atoms with Gasteiger partial charge in [0.2, 0.25) is 5.91 Å². The zero-order valence-electron chi connectivity index (χ0n) is 10.5. The van der Waals surface area contributed by atoms with Crippen LogP contribution < -0.4 is 0 Å². The van der Waals surface area contributed by atoms with Crippen LogP contribution in [-0.4, -0.2) is 47.3 Å². The van der Waals surface area contributed by atoms with Gasteiger partial charge in [-0.05, 0) is 23.8 Å². The topological polar surface area (TPSA) is 84.6 Å². The van der Waals surface area contributed by atoms with Crippen LogP contribution >= 0.6 is 0 Å². The zero-order chi connectivity index (χ0) is 14.1. The lowest BCUT2D eigenvalue weighted by Gasteiger charge is -2.18. The average Bonchev–Trinajstić information content (AvgIpc) is 2.44. The van der Waals surface area contributed by atoms with Gasteiger partial charge in [0.15, 0.2) is 0 Å². The van der Waals surface area contributed by atoms with Gasteiger partial charge in [0.25, 0.3) is 0 Å². The Morgan fingerprint density at radius 3 is 2.58 bits per heavy atom. The quantitative estimate of drug-likeness (QED) is 0.724. The molecular formula is C14H16N2O3. The zero-order valence-corrected chi connectivity index (χ0v) is 10.5. The Morgan fingerprint density at radius 2 is 2.00 bits per heavy atom. The lowest BCUT2D eigenvalue weighted by Crippen LogP contribution is -2.34. The maximum absolute atomic E-state index is 11.8. The molecule has 0 spiro atoms. The van der Waals surface area contributed by atoms with Crippen LogP contribution in [0.25, 0.3) is 6.08 Å². The molecule has 0 radical (unpaired) electrons. The van der Waals surface area contributed by atoms with Crippen LogP contribution in [0.15, 0.2) is 30.3 Å². The number of hydrogen-bond acceptors (Lipinski definition) is 4. The Hall–Kier alpha value is -2.16. The average molecular weight is 260 g/mol. The van der Waals surface area contributed by atoms with Crippen LogP contribution in [0.3, 0.4) is 0 Å². The number of hydrogen-bond donors (Lipinski definition) is 2. The predicted octanol–water partition coefficient (Wildman–Crippen LogP) is 0.385. The van der Waals surface area contributed by atoms with Crippen molar-refractivity contribution in [1.82, 2.24) is 4.90 Å². The number of carbonyl (C=O) groups is 1. The molecule has 0 aliphatic carbocycles. The fourth-order valence-corrected chi connectivity index (χ4v) is 1.56. The van der Waals surface area contributed by atoms with Crippen LogP contribution in [-0.2, 0) is 4.79 Å². The molecule has 0 unspecified atom stereocenters. The largest absolute Gasteiger partial charge is 0.395 e. The molecule has 2 N–H and O–H groups in total. The molecule has 5 nitrogen and oxygen atoms in total. The summed E-state index contributed by atoms with van der Waals surface area (Å²) < 4.78 is 0. The molecule has 0 aliphatic rings. The van der Waals surface area contributed by atoms with E-state index in [9.17, 15) is 4.79 Å². The van der Waals surface area contributed by atoms with Gasteiger partial charge in [-0.15, -0.1) is 0 Å².